The lowest BCUT2D eigenvalue weighted by Crippen LogP contribution is -2.31. The van der Waals surface area contributed by atoms with Gasteiger partial charge in [0.25, 0.3) is 5.91 Å². The molecule has 0 radical (unpaired) electrons. The summed E-state index contributed by atoms with van der Waals surface area (Å²) in [5.74, 6) is -0.112. The predicted molar refractivity (Wildman–Crippen MR) is 111 cm³/mol. The highest BCUT2D eigenvalue weighted by Gasteiger charge is 2.18. The number of thiophene rings is 1. The summed E-state index contributed by atoms with van der Waals surface area (Å²) in [4.78, 5) is 18.5. The van der Waals surface area contributed by atoms with Crippen molar-refractivity contribution in [1.29, 1.82) is 0 Å². The van der Waals surface area contributed by atoms with E-state index in [-0.39, 0.29) is 11.9 Å². The molecule has 0 bridgehead atoms. The fourth-order valence-corrected chi connectivity index (χ4v) is 3.93. The highest BCUT2D eigenvalue weighted by Crippen LogP contribution is 2.29. The van der Waals surface area contributed by atoms with Gasteiger partial charge in [0.2, 0.25) is 0 Å². The maximum Gasteiger partial charge on any atom is 0.261 e. The van der Waals surface area contributed by atoms with Crippen LogP contribution in [0.1, 0.15) is 21.3 Å². The molecule has 1 amide bonds. The standard InChI is InChI=1S/C21H17ClN4OS/c22-17-8-6-16(7-9-17)19-10-11-20(28-19)21(27)25-18(12-26-14-23-13-24-26)15-4-2-1-3-5-15/h1-11,13-14,18H,12H2,(H,25,27). The minimum absolute atomic E-state index is 0.112. The van der Waals surface area contributed by atoms with E-state index >= 15 is 0 Å². The first kappa shape index (κ1) is 18.4. The van der Waals surface area contributed by atoms with Crippen LogP contribution in [0, 0.1) is 0 Å². The zero-order valence-electron chi connectivity index (χ0n) is 14.8. The first-order valence-corrected chi connectivity index (χ1v) is 9.92. The van der Waals surface area contributed by atoms with Gasteiger partial charge in [0.1, 0.15) is 12.7 Å². The normalized spacial score (nSPS) is 11.9. The summed E-state index contributed by atoms with van der Waals surface area (Å²) in [6, 6.07) is 21.1. The van der Waals surface area contributed by atoms with E-state index < -0.39 is 0 Å². The van der Waals surface area contributed by atoms with Crippen LogP contribution in [-0.4, -0.2) is 20.7 Å². The Labute approximate surface area is 171 Å². The van der Waals surface area contributed by atoms with Gasteiger partial charge in [-0.15, -0.1) is 11.3 Å². The molecule has 0 fully saturated rings. The van der Waals surface area contributed by atoms with Crippen molar-refractivity contribution < 1.29 is 4.79 Å². The van der Waals surface area contributed by atoms with Gasteiger partial charge in [-0.25, -0.2) is 4.98 Å². The van der Waals surface area contributed by atoms with E-state index in [4.69, 9.17) is 11.6 Å². The maximum atomic E-state index is 12.9. The first-order chi connectivity index (χ1) is 13.7. The summed E-state index contributed by atoms with van der Waals surface area (Å²) in [5.41, 5.74) is 2.05. The van der Waals surface area contributed by atoms with Crippen LogP contribution < -0.4 is 5.32 Å². The number of nitrogens with one attached hydrogen (secondary N) is 1. The molecule has 2 aromatic carbocycles. The van der Waals surface area contributed by atoms with Crippen molar-refractivity contribution in [3.8, 4) is 10.4 Å². The molecule has 28 heavy (non-hydrogen) atoms. The summed E-state index contributed by atoms with van der Waals surface area (Å²) in [6.45, 7) is 0.505. The van der Waals surface area contributed by atoms with Gasteiger partial charge in [-0.2, -0.15) is 5.10 Å². The Morgan fingerprint density at radius 3 is 2.57 bits per heavy atom. The number of hydrogen-bond acceptors (Lipinski definition) is 4. The molecule has 1 unspecified atom stereocenters. The number of hydrogen-bond donors (Lipinski definition) is 1. The summed E-state index contributed by atoms with van der Waals surface area (Å²) in [7, 11) is 0. The van der Waals surface area contributed by atoms with Gasteiger partial charge in [-0.05, 0) is 35.4 Å². The van der Waals surface area contributed by atoms with E-state index in [2.05, 4.69) is 15.4 Å². The van der Waals surface area contributed by atoms with Crippen LogP contribution in [0.4, 0.5) is 0 Å². The second kappa shape index (κ2) is 8.37. The number of carbonyl (C=O) groups is 1. The molecule has 0 aliphatic rings. The average Bonchev–Trinajstić information content (AvgIpc) is 3.41. The van der Waals surface area contributed by atoms with Crippen molar-refractivity contribution in [3.63, 3.8) is 0 Å². The van der Waals surface area contributed by atoms with Crippen LogP contribution in [0.25, 0.3) is 10.4 Å². The summed E-state index contributed by atoms with van der Waals surface area (Å²) >= 11 is 7.41. The van der Waals surface area contributed by atoms with Crippen molar-refractivity contribution in [3.05, 3.63) is 94.8 Å². The van der Waals surface area contributed by atoms with E-state index in [9.17, 15) is 4.79 Å². The predicted octanol–water partition coefficient (Wildman–Crippen LogP) is 4.83. The molecule has 0 spiro atoms. The minimum Gasteiger partial charge on any atom is -0.343 e. The fraction of sp³-hybridized carbons (Fsp3) is 0.0952. The third kappa shape index (κ3) is 4.30. The Morgan fingerprint density at radius 1 is 1.07 bits per heavy atom. The zero-order chi connectivity index (χ0) is 19.3. The number of carbonyl (C=O) groups excluding carboxylic acids is 1. The molecule has 0 saturated carbocycles. The van der Waals surface area contributed by atoms with Crippen LogP contribution in [0.5, 0.6) is 0 Å². The van der Waals surface area contributed by atoms with Gasteiger partial charge in [-0.1, -0.05) is 54.1 Å². The molecular formula is C21H17ClN4OS. The van der Waals surface area contributed by atoms with Gasteiger partial charge in [0.05, 0.1) is 17.5 Å². The lowest BCUT2D eigenvalue weighted by atomic mass is 10.1. The van der Waals surface area contributed by atoms with Crippen LogP contribution in [-0.2, 0) is 6.54 Å². The molecule has 0 aliphatic heterocycles. The number of aromatic nitrogens is 3. The minimum atomic E-state index is -0.212. The van der Waals surface area contributed by atoms with Gasteiger partial charge in [0.15, 0.2) is 0 Å². The lowest BCUT2D eigenvalue weighted by molar-refractivity contribution is 0.0936. The van der Waals surface area contributed by atoms with Gasteiger partial charge in [0, 0.05) is 9.90 Å². The maximum absolute atomic E-state index is 12.9. The Hall–Kier alpha value is -2.96. The highest BCUT2D eigenvalue weighted by molar-refractivity contribution is 7.17. The third-order valence-electron chi connectivity index (χ3n) is 4.30. The van der Waals surface area contributed by atoms with Crippen LogP contribution in [0.2, 0.25) is 5.02 Å². The highest BCUT2D eigenvalue weighted by atomic mass is 35.5. The molecule has 4 rings (SSSR count). The van der Waals surface area contributed by atoms with Crippen LogP contribution in [0.3, 0.4) is 0 Å². The number of benzene rings is 2. The summed E-state index contributed by atoms with van der Waals surface area (Å²) < 4.78 is 1.71. The fourth-order valence-electron chi connectivity index (χ4n) is 2.89. The third-order valence-corrected chi connectivity index (χ3v) is 5.69. The average molecular weight is 409 g/mol. The Bertz CT molecular complexity index is 1050. The second-order valence-corrected chi connectivity index (χ2v) is 7.75. The Kier molecular flexibility index (Phi) is 5.50. The molecule has 1 atom stereocenters. The van der Waals surface area contributed by atoms with E-state index in [0.29, 0.717) is 16.4 Å². The van der Waals surface area contributed by atoms with E-state index in [1.54, 1.807) is 11.0 Å². The number of halogens is 1. The van der Waals surface area contributed by atoms with Crippen molar-refractivity contribution >= 4 is 28.8 Å². The molecular weight excluding hydrogens is 392 g/mol. The molecule has 2 heterocycles. The summed E-state index contributed by atoms with van der Waals surface area (Å²) in [5, 5.41) is 7.97. The van der Waals surface area contributed by atoms with Crippen LogP contribution in [0.15, 0.2) is 79.4 Å². The lowest BCUT2D eigenvalue weighted by Gasteiger charge is -2.18. The molecule has 7 heteroatoms. The Balaban J connectivity index is 1.53. The number of rotatable bonds is 6. The van der Waals surface area contributed by atoms with E-state index in [0.717, 1.165) is 16.0 Å². The van der Waals surface area contributed by atoms with Gasteiger partial charge in [-0.3, -0.25) is 9.48 Å². The van der Waals surface area contributed by atoms with Gasteiger partial charge >= 0.3 is 0 Å². The smallest absolute Gasteiger partial charge is 0.261 e. The topological polar surface area (TPSA) is 59.8 Å². The van der Waals surface area contributed by atoms with Gasteiger partial charge < -0.3 is 5.32 Å². The summed E-state index contributed by atoms with van der Waals surface area (Å²) in [6.07, 6.45) is 3.13. The second-order valence-electron chi connectivity index (χ2n) is 6.23. The Morgan fingerprint density at radius 2 is 1.86 bits per heavy atom. The van der Waals surface area contributed by atoms with Crippen LogP contribution >= 0.6 is 22.9 Å². The molecule has 0 aliphatic carbocycles. The van der Waals surface area contributed by atoms with Crippen molar-refractivity contribution in [2.24, 2.45) is 0 Å². The quantitative estimate of drug-likeness (QED) is 0.497. The SMILES string of the molecule is O=C(NC(Cn1cncn1)c1ccccc1)c1ccc(-c2ccc(Cl)cc2)s1. The molecule has 5 nitrogen and oxygen atoms in total. The van der Waals surface area contributed by atoms with E-state index in [1.165, 1.54) is 17.7 Å². The van der Waals surface area contributed by atoms with Crippen molar-refractivity contribution in [2.45, 2.75) is 12.6 Å². The largest absolute Gasteiger partial charge is 0.343 e. The molecule has 1 N–H and O–H groups in total. The number of amides is 1. The zero-order valence-corrected chi connectivity index (χ0v) is 16.4. The monoisotopic (exact) mass is 408 g/mol. The first-order valence-electron chi connectivity index (χ1n) is 8.73. The molecule has 2 aromatic heterocycles. The molecule has 140 valence electrons. The molecule has 4 aromatic rings. The van der Waals surface area contributed by atoms with E-state index in [1.807, 2.05) is 66.7 Å². The van der Waals surface area contributed by atoms with Crippen molar-refractivity contribution in [2.75, 3.05) is 0 Å². The number of nitrogens with zero attached hydrogens (tertiary/aromatic N) is 3. The van der Waals surface area contributed by atoms with Crippen molar-refractivity contribution in [1.82, 2.24) is 20.1 Å². The molecule has 0 saturated heterocycles.